The van der Waals surface area contributed by atoms with Crippen molar-refractivity contribution in [3.63, 3.8) is 0 Å². The van der Waals surface area contributed by atoms with Gasteiger partial charge in [-0.25, -0.2) is 4.79 Å². The number of ether oxygens (including phenoxy) is 5. The third-order valence-electron chi connectivity index (χ3n) is 3.43. The van der Waals surface area contributed by atoms with Crippen LogP contribution >= 0.6 is 0 Å². The summed E-state index contributed by atoms with van der Waals surface area (Å²) in [5, 5.41) is 2.59. The van der Waals surface area contributed by atoms with Crippen LogP contribution in [0, 0.1) is 0 Å². The van der Waals surface area contributed by atoms with Gasteiger partial charge >= 0.3 is 11.9 Å². The Kier molecular flexibility index (Phi) is 17.6. The molecule has 0 aromatic heterocycles. The SMILES string of the molecule is CCOCCOCCNC(=O)COCC(=O)OCCN(CCOC(C)=O)CC(C)=O. The van der Waals surface area contributed by atoms with Gasteiger partial charge in [0.15, 0.2) is 0 Å². The zero-order valence-corrected chi connectivity index (χ0v) is 18.1. The van der Waals surface area contributed by atoms with Gasteiger partial charge in [-0.15, -0.1) is 0 Å². The molecule has 30 heavy (non-hydrogen) atoms. The van der Waals surface area contributed by atoms with E-state index in [9.17, 15) is 19.2 Å². The normalized spacial score (nSPS) is 10.7. The number of rotatable bonds is 19. The highest BCUT2D eigenvalue weighted by molar-refractivity contribution is 5.78. The minimum atomic E-state index is -0.621. The van der Waals surface area contributed by atoms with E-state index in [2.05, 4.69) is 5.32 Å². The lowest BCUT2D eigenvalue weighted by Crippen LogP contribution is -2.36. The quantitative estimate of drug-likeness (QED) is 0.203. The predicted molar refractivity (Wildman–Crippen MR) is 106 cm³/mol. The molecule has 0 aromatic carbocycles. The Bertz CT molecular complexity index is 514. The van der Waals surface area contributed by atoms with Crippen LogP contribution in [0.15, 0.2) is 0 Å². The molecule has 1 N–H and O–H groups in total. The molecule has 0 heterocycles. The fourth-order valence-electron chi connectivity index (χ4n) is 2.14. The maximum absolute atomic E-state index is 11.7. The monoisotopic (exact) mass is 434 g/mol. The van der Waals surface area contributed by atoms with Crippen LogP contribution in [0.25, 0.3) is 0 Å². The number of hydrogen-bond donors (Lipinski definition) is 1. The van der Waals surface area contributed by atoms with Crippen molar-refractivity contribution in [2.24, 2.45) is 0 Å². The molecular formula is C19H34N2O9. The minimum absolute atomic E-state index is 0.0425. The number of hydrogen-bond acceptors (Lipinski definition) is 10. The molecule has 0 bridgehead atoms. The molecular weight excluding hydrogens is 400 g/mol. The molecule has 0 aliphatic heterocycles. The maximum atomic E-state index is 11.7. The van der Waals surface area contributed by atoms with E-state index in [-0.39, 0.29) is 44.7 Å². The summed E-state index contributed by atoms with van der Waals surface area (Å²) in [5.74, 6) is -1.45. The van der Waals surface area contributed by atoms with Crippen LogP contribution < -0.4 is 5.32 Å². The van der Waals surface area contributed by atoms with Gasteiger partial charge in [0.25, 0.3) is 0 Å². The molecule has 0 unspecified atom stereocenters. The van der Waals surface area contributed by atoms with Crippen LogP contribution in [0.2, 0.25) is 0 Å². The summed E-state index contributed by atoms with van der Waals surface area (Å²) in [6.45, 7) is 7.29. The van der Waals surface area contributed by atoms with Gasteiger partial charge in [-0.1, -0.05) is 0 Å². The molecule has 11 nitrogen and oxygen atoms in total. The Labute approximate surface area is 177 Å². The first-order chi connectivity index (χ1) is 14.3. The topological polar surface area (TPSA) is 130 Å². The molecule has 1 amide bonds. The van der Waals surface area contributed by atoms with E-state index in [1.54, 1.807) is 4.90 Å². The predicted octanol–water partition coefficient (Wildman–Crippen LogP) is -0.830. The first-order valence-corrected chi connectivity index (χ1v) is 9.85. The maximum Gasteiger partial charge on any atom is 0.332 e. The molecule has 0 saturated carbocycles. The third kappa shape index (κ3) is 19.2. The second kappa shape index (κ2) is 18.9. The van der Waals surface area contributed by atoms with E-state index in [0.29, 0.717) is 46.1 Å². The first-order valence-electron chi connectivity index (χ1n) is 9.85. The van der Waals surface area contributed by atoms with Gasteiger partial charge in [0.1, 0.15) is 32.2 Å². The van der Waals surface area contributed by atoms with Gasteiger partial charge in [-0.2, -0.15) is 0 Å². The van der Waals surface area contributed by atoms with Crippen LogP contribution in [0.4, 0.5) is 0 Å². The fraction of sp³-hybridized carbons (Fsp3) is 0.789. The van der Waals surface area contributed by atoms with Crippen molar-refractivity contribution in [2.45, 2.75) is 20.8 Å². The van der Waals surface area contributed by atoms with Crippen LogP contribution in [0.5, 0.6) is 0 Å². The van der Waals surface area contributed by atoms with Crippen molar-refractivity contribution in [1.29, 1.82) is 0 Å². The molecule has 0 atom stereocenters. The molecule has 0 fully saturated rings. The van der Waals surface area contributed by atoms with Crippen LogP contribution in [-0.2, 0) is 42.9 Å². The average Bonchev–Trinajstić information content (AvgIpc) is 2.66. The van der Waals surface area contributed by atoms with Crippen molar-refractivity contribution in [1.82, 2.24) is 10.2 Å². The summed E-state index contributed by atoms with van der Waals surface area (Å²) >= 11 is 0. The van der Waals surface area contributed by atoms with Crippen LogP contribution in [-0.4, -0.2) is 108 Å². The number of ketones is 1. The van der Waals surface area contributed by atoms with Gasteiger partial charge < -0.3 is 29.0 Å². The number of nitrogens with one attached hydrogen (secondary N) is 1. The zero-order chi connectivity index (χ0) is 22.6. The summed E-state index contributed by atoms with van der Waals surface area (Å²) in [6, 6.07) is 0. The van der Waals surface area contributed by atoms with E-state index in [0.717, 1.165) is 0 Å². The Balaban J connectivity index is 3.79. The minimum Gasteiger partial charge on any atom is -0.465 e. The molecule has 174 valence electrons. The van der Waals surface area contributed by atoms with Gasteiger partial charge in [-0.05, 0) is 13.8 Å². The average molecular weight is 434 g/mol. The van der Waals surface area contributed by atoms with Crippen molar-refractivity contribution in [3.05, 3.63) is 0 Å². The van der Waals surface area contributed by atoms with Gasteiger partial charge in [0.05, 0.1) is 26.4 Å². The van der Waals surface area contributed by atoms with Crippen molar-refractivity contribution >= 4 is 23.6 Å². The van der Waals surface area contributed by atoms with Gasteiger partial charge in [0, 0.05) is 33.2 Å². The van der Waals surface area contributed by atoms with E-state index < -0.39 is 11.9 Å². The van der Waals surface area contributed by atoms with Crippen molar-refractivity contribution in [3.8, 4) is 0 Å². The lowest BCUT2D eigenvalue weighted by atomic mass is 10.4. The summed E-state index contributed by atoms with van der Waals surface area (Å²) in [6.07, 6.45) is 0. The number of carbonyl (C=O) groups excluding carboxylic acids is 4. The molecule has 0 rings (SSSR count). The smallest absolute Gasteiger partial charge is 0.332 e. The second-order valence-corrected chi connectivity index (χ2v) is 6.19. The fourth-order valence-corrected chi connectivity index (χ4v) is 2.14. The molecule has 0 aromatic rings. The van der Waals surface area contributed by atoms with Crippen LogP contribution in [0.1, 0.15) is 20.8 Å². The first kappa shape index (κ1) is 27.9. The highest BCUT2D eigenvalue weighted by Gasteiger charge is 2.11. The number of Topliss-reactive ketones (excluding diaryl/α,β-unsaturated/α-hetero) is 1. The third-order valence-corrected chi connectivity index (χ3v) is 3.43. The summed E-state index contributed by atoms with van der Waals surface area (Å²) in [5.41, 5.74) is 0. The Morgan fingerprint density at radius 2 is 1.47 bits per heavy atom. The van der Waals surface area contributed by atoms with Crippen molar-refractivity contribution in [2.75, 3.05) is 79.0 Å². The summed E-state index contributed by atoms with van der Waals surface area (Å²) in [4.78, 5) is 47.0. The molecule has 0 saturated heterocycles. The van der Waals surface area contributed by atoms with Crippen LogP contribution in [0.3, 0.4) is 0 Å². The number of amides is 1. The largest absolute Gasteiger partial charge is 0.465 e. The molecule has 11 heteroatoms. The molecule has 0 aliphatic carbocycles. The molecule has 0 radical (unpaired) electrons. The zero-order valence-electron chi connectivity index (χ0n) is 18.1. The lowest BCUT2D eigenvalue weighted by molar-refractivity contribution is -0.150. The van der Waals surface area contributed by atoms with Crippen molar-refractivity contribution < 1.29 is 42.9 Å². The van der Waals surface area contributed by atoms with E-state index in [1.165, 1.54) is 13.8 Å². The van der Waals surface area contributed by atoms with E-state index in [1.807, 2.05) is 6.92 Å². The summed E-state index contributed by atoms with van der Waals surface area (Å²) < 4.78 is 25.2. The summed E-state index contributed by atoms with van der Waals surface area (Å²) in [7, 11) is 0. The van der Waals surface area contributed by atoms with Gasteiger partial charge in [0.2, 0.25) is 5.91 Å². The Morgan fingerprint density at radius 3 is 2.10 bits per heavy atom. The molecule has 0 aliphatic rings. The Morgan fingerprint density at radius 1 is 0.800 bits per heavy atom. The Hall–Kier alpha value is -2.08. The number of nitrogens with zero attached hydrogens (tertiary/aromatic N) is 1. The van der Waals surface area contributed by atoms with Gasteiger partial charge in [-0.3, -0.25) is 19.3 Å². The second-order valence-electron chi connectivity index (χ2n) is 6.19. The number of esters is 2. The molecule has 0 spiro atoms. The highest BCUT2D eigenvalue weighted by atomic mass is 16.6. The number of carbonyl (C=O) groups is 4. The van der Waals surface area contributed by atoms with E-state index >= 15 is 0 Å². The standard InChI is InChI=1S/C19H34N2O9/c1-4-26-11-12-27-8-5-20-18(24)14-28-15-19(25)30-10-7-21(13-16(2)22)6-9-29-17(3)23/h4-15H2,1-3H3,(H,20,24). The van der Waals surface area contributed by atoms with E-state index in [4.69, 9.17) is 23.7 Å². The highest BCUT2D eigenvalue weighted by Crippen LogP contribution is 1.92. The lowest BCUT2D eigenvalue weighted by Gasteiger charge is -2.20.